The lowest BCUT2D eigenvalue weighted by Crippen LogP contribution is -2.25. The van der Waals surface area contributed by atoms with Crippen LogP contribution in [0.5, 0.6) is 0 Å². The predicted octanol–water partition coefficient (Wildman–Crippen LogP) is 5.00. The van der Waals surface area contributed by atoms with Crippen LogP contribution in [0.25, 0.3) is 22.0 Å². The minimum absolute atomic E-state index is 0.0337. The molecule has 0 atom stereocenters. The molecule has 0 radical (unpaired) electrons. The van der Waals surface area contributed by atoms with Crippen molar-refractivity contribution in [3.63, 3.8) is 0 Å². The summed E-state index contributed by atoms with van der Waals surface area (Å²) < 4.78 is 1.85. The molecule has 4 aromatic rings. The third-order valence-corrected chi connectivity index (χ3v) is 5.83. The summed E-state index contributed by atoms with van der Waals surface area (Å²) in [5.74, 6) is 1.30. The molecular weight excluding hydrogens is 358 g/mol. The maximum absolute atomic E-state index is 13.5. The van der Waals surface area contributed by atoms with Gasteiger partial charge in [0.15, 0.2) is 0 Å². The first-order chi connectivity index (χ1) is 14.1. The zero-order valence-corrected chi connectivity index (χ0v) is 16.7. The molecule has 0 N–H and O–H groups in total. The highest BCUT2D eigenvalue weighted by molar-refractivity contribution is 5.84. The van der Waals surface area contributed by atoms with E-state index in [1.165, 1.54) is 11.1 Å². The van der Waals surface area contributed by atoms with Crippen molar-refractivity contribution in [1.82, 2.24) is 14.5 Å². The van der Waals surface area contributed by atoms with Crippen molar-refractivity contribution in [2.45, 2.75) is 39.2 Å². The monoisotopic (exact) mass is 381 g/mol. The van der Waals surface area contributed by atoms with E-state index in [1.54, 1.807) is 6.20 Å². The largest absolute Gasteiger partial charge is 0.291 e. The second kappa shape index (κ2) is 6.96. The summed E-state index contributed by atoms with van der Waals surface area (Å²) in [7, 11) is 0. The van der Waals surface area contributed by atoms with Crippen LogP contribution in [-0.4, -0.2) is 14.5 Å². The Morgan fingerprint density at radius 2 is 1.79 bits per heavy atom. The van der Waals surface area contributed by atoms with Crippen molar-refractivity contribution in [3.05, 3.63) is 93.8 Å². The van der Waals surface area contributed by atoms with Gasteiger partial charge in [0.1, 0.15) is 5.82 Å². The number of pyridine rings is 1. The molecule has 2 aromatic carbocycles. The van der Waals surface area contributed by atoms with Crippen molar-refractivity contribution < 1.29 is 0 Å². The van der Waals surface area contributed by atoms with Crippen LogP contribution in [0.15, 0.2) is 65.7 Å². The second-order valence-electron chi connectivity index (χ2n) is 8.03. The molecule has 0 aliphatic heterocycles. The summed E-state index contributed by atoms with van der Waals surface area (Å²) in [5.41, 5.74) is 6.52. The molecule has 2 aromatic heterocycles. The summed E-state index contributed by atoms with van der Waals surface area (Å²) in [6, 6.07) is 16.4. The molecule has 2 heterocycles. The van der Waals surface area contributed by atoms with Crippen molar-refractivity contribution in [2.24, 2.45) is 0 Å². The number of rotatable bonds is 4. The average molecular weight is 381 g/mol. The van der Waals surface area contributed by atoms with Crippen LogP contribution in [0.2, 0.25) is 0 Å². The molecule has 0 amide bonds. The molecule has 4 heteroatoms. The van der Waals surface area contributed by atoms with Gasteiger partial charge < -0.3 is 0 Å². The van der Waals surface area contributed by atoms with Gasteiger partial charge in [-0.2, -0.15) is 0 Å². The lowest BCUT2D eigenvalue weighted by Gasteiger charge is -2.14. The van der Waals surface area contributed by atoms with Gasteiger partial charge in [-0.15, -0.1) is 0 Å². The van der Waals surface area contributed by atoms with Crippen molar-refractivity contribution in [2.75, 3.05) is 0 Å². The summed E-state index contributed by atoms with van der Waals surface area (Å²) >= 11 is 0. The Morgan fingerprint density at radius 3 is 2.52 bits per heavy atom. The molecule has 1 aliphatic rings. The summed E-state index contributed by atoms with van der Waals surface area (Å²) in [6.45, 7) is 4.74. The minimum Gasteiger partial charge on any atom is -0.291 e. The number of nitrogens with zero attached hydrogens (tertiary/aromatic N) is 3. The predicted molar refractivity (Wildman–Crippen MR) is 116 cm³/mol. The maximum Gasteiger partial charge on any atom is 0.261 e. The minimum atomic E-state index is 0.0337. The van der Waals surface area contributed by atoms with Crippen molar-refractivity contribution >= 4 is 10.9 Å². The van der Waals surface area contributed by atoms with Crippen molar-refractivity contribution in [1.29, 1.82) is 0 Å². The molecular formula is C25H23N3O. The quantitative estimate of drug-likeness (QED) is 0.500. The van der Waals surface area contributed by atoms with E-state index in [2.05, 4.69) is 43.1 Å². The van der Waals surface area contributed by atoms with Gasteiger partial charge >= 0.3 is 0 Å². The molecule has 144 valence electrons. The Kier molecular flexibility index (Phi) is 4.27. The molecule has 1 aliphatic carbocycles. The van der Waals surface area contributed by atoms with E-state index in [4.69, 9.17) is 4.98 Å². The standard InChI is InChI=1S/C25H23N3O/c1-16-5-6-20(12-17(16)2)21-9-10-23-22(13-21)25(29)28(24(27-23)19-7-8-19)15-18-4-3-11-26-14-18/h3-6,9-14,19H,7-8,15H2,1-2H3. The first kappa shape index (κ1) is 17.8. The topological polar surface area (TPSA) is 47.8 Å². The number of benzene rings is 2. The zero-order chi connectivity index (χ0) is 20.0. The molecule has 0 bridgehead atoms. The molecule has 29 heavy (non-hydrogen) atoms. The Hall–Kier alpha value is -3.27. The SMILES string of the molecule is Cc1ccc(-c2ccc3nc(C4CC4)n(Cc4cccnc4)c(=O)c3c2)cc1C. The van der Waals surface area contributed by atoms with Gasteiger partial charge in [0.2, 0.25) is 0 Å². The Labute approximate surface area is 169 Å². The molecule has 0 spiro atoms. The first-order valence-corrected chi connectivity index (χ1v) is 10.1. The van der Waals surface area contributed by atoms with Crippen LogP contribution in [0.3, 0.4) is 0 Å². The van der Waals surface area contributed by atoms with E-state index >= 15 is 0 Å². The van der Waals surface area contributed by atoms with Gasteiger partial charge in [-0.25, -0.2) is 4.98 Å². The number of hydrogen-bond donors (Lipinski definition) is 0. The average Bonchev–Trinajstić information content (AvgIpc) is 3.58. The van der Waals surface area contributed by atoms with E-state index < -0.39 is 0 Å². The number of aryl methyl sites for hydroxylation is 2. The summed E-state index contributed by atoms with van der Waals surface area (Å²) in [5, 5.41) is 0.675. The highest BCUT2D eigenvalue weighted by Gasteiger charge is 2.29. The summed E-state index contributed by atoms with van der Waals surface area (Å²) in [4.78, 5) is 22.6. The lowest BCUT2D eigenvalue weighted by molar-refractivity contribution is 0.679. The van der Waals surface area contributed by atoms with Gasteiger partial charge in [0.05, 0.1) is 17.4 Å². The molecule has 0 unspecified atom stereocenters. The highest BCUT2D eigenvalue weighted by atomic mass is 16.1. The lowest BCUT2D eigenvalue weighted by atomic mass is 9.99. The third kappa shape index (κ3) is 3.35. The van der Waals surface area contributed by atoms with Gasteiger partial charge in [-0.1, -0.05) is 30.3 Å². The van der Waals surface area contributed by atoms with Gasteiger partial charge in [-0.3, -0.25) is 14.3 Å². The molecule has 4 nitrogen and oxygen atoms in total. The van der Waals surface area contributed by atoms with Crippen LogP contribution < -0.4 is 5.56 Å². The third-order valence-electron chi connectivity index (χ3n) is 5.83. The van der Waals surface area contributed by atoms with Crippen LogP contribution in [0.4, 0.5) is 0 Å². The van der Waals surface area contributed by atoms with Gasteiger partial charge in [-0.05, 0) is 72.7 Å². The van der Waals surface area contributed by atoms with E-state index in [9.17, 15) is 4.79 Å². The van der Waals surface area contributed by atoms with E-state index in [1.807, 2.05) is 35.0 Å². The fraction of sp³-hybridized carbons (Fsp3) is 0.240. The fourth-order valence-electron chi connectivity index (χ4n) is 3.82. The second-order valence-corrected chi connectivity index (χ2v) is 8.03. The molecule has 0 saturated heterocycles. The van der Waals surface area contributed by atoms with Gasteiger partial charge in [0, 0.05) is 18.3 Å². The maximum atomic E-state index is 13.5. The first-order valence-electron chi connectivity index (χ1n) is 10.1. The van der Waals surface area contributed by atoms with Crippen LogP contribution in [0.1, 0.15) is 41.3 Å². The highest BCUT2D eigenvalue weighted by Crippen LogP contribution is 2.39. The van der Waals surface area contributed by atoms with Crippen LogP contribution >= 0.6 is 0 Å². The zero-order valence-electron chi connectivity index (χ0n) is 16.7. The molecule has 1 fully saturated rings. The van der Waals surface area contributed by atoms with Crippen molar-refractivity contribution in [3.8, 4) is 11.1 Å². The normalized spacial score (nSPS) is 13.7. The molecule has 1 saturated carbocycles. The summed E-state index contributed by atoms with van der Waals surface area (Å²) in [6.07, 6.45) is 5.78. The van der Waals surface area contributed by atoms with E-state index in [0.29, 0.717) is 17.8 Å². The Bertz CT molecular complexity index is 1270. The molecule has 5 rings (SSSR count). The Morgan fingerprint density at radius 1 is 1.00 bits per heavy atom. The van der Waals surface area contributed by atoms with Crippen LogP contribution in [-0.2, 0) is 6.54 Å². The van der Waals surface area contributed by atoms with E-state index in [-0.39, 0.29) is 5.56 Å². The Balaban J connectivity index is 1.67. The van der Waals surface area contributed by atoms with Gasteiger partial charge in [0.25, 0.3) is 5.56 Å². The smallest absolute Gasteiger partial charge is 0.261 e. The van der Waals surface area contributed by atoms with E-state index in [0.717, 1.165) is 40.9 Å². The number of aromatic nitrogens is 3. The fourth-order valence-corrected chi connectivity index (χ4v) is 3.82. The van der Waals surface area contributed by atoms with Crippen LogP contribution in [0, 0.1) is 13.8 Å². The number of fused-ring (bicyclic) bond motifs is 1. The number of hydrogen-bond acceptors (Lipinski definition) is 3.